The predicted octanol–water partition coefficient (Wildman–Crippen LogP) is 2.97. The second kappa shape index (κ2) is 6.19. The topological polar surface area (TPSA) is 49.3 Å². The zero-order valence-corrected chi connectivity index (χ0v) is 10.5. The van der Waals surface area contributed by atoms with Gasteiger partial charge in [0.05, 0.1) is 5.56 Å². The summed E-state index contributed by atoms with van der Waals surface area (Å²) in [5, 5.41) is 12.0. The van der Waals surface area contributed by atoms with Gasteiger partial charge in [0.1, 0.15) is 0 Å². The molecule has 0 fully saturated rings. The van der Waals surface area contributed by atoms with Gasteiger partial charge < -0.3 is 10.4 Å². The predicted molar refractivity (Wildman–Crippen MR) is 67.7 cm³/mol. The summed E-state index contributed by atoms with van der Waals surface area (Å²) < 4.78 is 0.747. The minimum atomic E-state index is -0.927. The number of carbonyl (C=O) groups is 1. The van der Waals surface area contributed by atoms with E-state index < -0.39 is 5.97 Å². The van der Waals surface area contributed by atoms with Crippen molar-refractivity contribution < 1.29 is 9.90 Å². The Balaban J connectivity index is 2.67. The van der Waals surface area contributed by atoms with Gasteiger partial charge in [-0.3, -0.25) is 0 Å². The van der Waals surface area contributed by atoms with Crippen molar-refractivity contribution >= 4 is 27.6 Å². The van der Waals surface area contributed by atoms with E-state index in [0.29, 0.717) is 0 Å². The van der Waals surface area contributed by atoms with Gasteiger partial charge in [-0.15, -0.1) is 11.8 Å². The van der Waals surface area contributed by atoms with Crippen LogP contribution in [0.1, 0.15) is 23.7 Å². The zero-order valence-electron chi connectivity index (χ0n) is 8.88. The summed E-state index contributed by atoms with van der Waals surface area (Å²) in [4.78, 5) is 10.7. The molecule has 0 unspecified atom stereocenters. The number of nitrogens with one attached hydrogen (secondary N) is 1. The standard InChI is InChI=1S/C12H12BrNO2/c1-2-3-4-7-14-11-6-5-9(12(15)16)8-10(11)13/h5-6,8,14H,4,7H2,1H3,(H,15,16). The number of hydrogen-bond acceptors (Lipinski definition) is 2. The van der Waals surface area contributed by atoms with Crippen LogP contribution in [0.4, 0.5) is 5.69 Å². The molecule has 1 aromatic rings. The van der Waals surface area contributed by atoms with Crippen LogP contribution >= 0.6 is 15.9 Å². The Morgan fingerprint density at radius 3 is 2.88 bits per heavy atom. The number of anilines is 1. The minimum absolute atomic E-state index is 0.269. The molecule has 0 spiro atoms. The highest BCUT2D eigenvalue weighted by Gasteiger charge is 2.05. The maximum Gasteiger partial charge on any atom is 0.335 e. The van der Waals surface area contributed by atoms with Crippen LogP contribution in [-0.4, -0.2) is 17.6 Å². The summed E-state index contributed by atoms with van der Waals surface area (Å²) in [7, 11) is 0. The van der Waals surface area contributed by atoms with E-state index in [4.69, 9.17) is 5.11 Å². The summed E-state index contributed by atoms with van der Waals surface area (Å²) in [6.45, 7) is 2.55. The summed E-state index contributed by atoms with van der Waals surface area (Å²) in [5.41, 5.74) is 1.15. The Kier molecular flexibility index (Phi) is 4.87. The second-order valence-corrected chi connectivity index (χ2v) is 3.96. The van der Waals surface area contributed by atoms with E-state index in [0.717, 1.165) is 23.1 Å². The van der Waals surface area contributed by atoms with Crippen molar-refractivity contribution in [2.75, 3.05) is 11.9 Å². The lowest BCUT2D eigenvalue weighted by molar-refractivity contribution is 0.0697. The third-order valence-electron chi connectivity index (χ3n) is 1.96. The van der Waals surface area contributed by atoms with Crippen molar-refractivity contribution in [1.29, 1.82) is 0 Å². The first kappa shape index (κ1) is 12.6. The minimum Gasteiger partial charge on any atom is -0.478 e. The van der Waals surface area contributed by atoms with Gasteiger partial charge in [-0.25, -0.2) is 4.79 Å². The van der Waals surface area contributed by atoms with Crippen LogP contribution in [0.5, 0.6) is 0 Å². The van der Waals surface area contributed by atoms with Crippen LogP contribution < -0.4 is 5.32 Å². The molecule has 0 saturated carbocycles. The molecule has 0 heterocycles. The smallest absolute Gasteiger partial charge is 0.335 e. The quantitative estimate of drug-likeness (QED) is 0.659. The van der Waals surface area contributed by atoms with Crippen LogP contribution in [-0.2, 0) is 0 Å². The SMILES string of the molecule is CC#CCCNc1ccc(C(=O)O)cc1Br. The fourth-order valence-corrected chi connectivity index (χ4v) is 1.70. The molecule has 16 heavy (non-hydrogen) atoms. The zero-order chi connectivity index (χ0) is 12.0. The second-order valence-electron chi connectivity index (χ2n) is 3.10. The molecule has 0 aromatic heterocycles. The molecule has 0 atom stereocenters. The molecule has 3 nitrogen and oxygen atoms in total. The molecule has 0 bridgehead atoms. The summed E-state index contributed by atoms with van der Waals surface area (Å²) in [6, 6.07) is 4.89. The van der Waals surface area contributed by atoms with Gasteiger partial charge >= 0.3 is 5.97 Å². The third kappa shape index (κ3) is 3.59. The average Bonchev–Trinajstić information content (AvgIpc) is 2.26. The van der Waals surface area contributed by atoms with Crippen molar-refractivity contribution in [2.24, 2.45) is 0 Å². The maximum absolute atomic E-state index is 10.7. The van der Waals surface area contributed by atoms with Gasteiger partial charge in [0.15, 0.2) is 0 Å². The van der Waals surface area contributed by atoms with E-state index >= 15 is 0 Å². The lowest BCUT2D eigenvalue weighted by Gasteiger charge is -2.07. The van der Waals surface area contributed by atoms with Crippen LogP contribution in [0, 0.1) is 11.8 Å². The number of rotatable bonds is 4. The molecule has 0 aliphatic rings. The van der Waals surface area contributed by atoms with Gasteiger partial charge in [0.25, 0.3) is 0 Å². The van der Waals surface area contributed by atoms with E-state index in [1.807, 2.05) is 0 Å². The van der Waals surface area contributed by atoms with E-state index in [1.165, 1.54) is 0 Å². The summed E-state index contributed by atoms with van der Waals surface area (Å²) >= 11 is 3.32. The number of carboxylic acids is 1. The van der Waals surface area contributed by atoms with Crippen molar-refractivity contribution in [3.05, 3.63) is 28.2 Å². The van der Waals surface area contributed by atoms with Crippen molar-refractivity contribution in [3.63, 3.8) is 0 Å². The highest BCUT2D eigenvalue weighted by molar-refractivity contribution is 9.10. The number of halogens is 1. The molecule has 0 aliphatic carbocycles. The number of aromatic carboxylic acids is 1. The molecule has 4 heteroatoms. The molecule has 1 aromatic carbocycles. The lowest BCUT2D eigenvalue weighted by Crippen LogP contribution is -2.02. The fraction of sp³-hybridized carbons (Fsp3) is 0.250. The highest BCUT2D eigenvalue weighted by atomic mass is 79.9. The molecule has 0 amide bonds. The van der Waals surface area contributed by atoms with Crippen molar-refractivity contribution in [1.82, 2.24) is 0 Å². The monoisotopic (exact) mass is 281 g/mol. The first-order valence-electron chi connectivity index (χ1n) is 4.81. The molecule has 1 rings (SSSR count). The van der Waals surface area contributed by atoms with Gasteiger partial charge in [0, 0.05) is 23.1 Å². The van der Waals surface area contributed by atoms with E-state index in [-0.39, 0.29) is 5.56 Å². The van der Waals surface area contributed by atoms with Crippen molar-refractivity contribution in [3.8, 4) is 11.8 Å². The largest absolute Gasteiger partial charge is 0.478 e. The Morgan fingerprint density at radius 1 is 1.56 bits per heavy atom. The van der Waals surface area contributed by atoms with Crippen LogP contribution in [0.25, 0.3) is 0 Å². The van der Waals surface area contributed by atoms with Gasteiger partial charge in [0.2, 0.25) is 0 Å². The molecule has 0 aliphatic heterocycles. The fourth-order valence-electron chi connectivity index (χ4n) is 1.18. The molecular formula is C12H12BrNO2. The van der Waals surface area contributed by atoms with E-state index in [9.17, 15) is 4.79 Å². The molecule has 2 N–H and O–H groups in total. The third-order valence-corrected chi connectivity index (χ3v) is 2.61. The van der Waals surface area contributed by atoms with Gasteiger partial charge in [-0.05, 0) is 41.1 Å². The van der Waals surface area contributed by atoms with Gasteiger partial charge in [-0.1, -0.05) is 0 Å². The lowest BCUT2D eigenvalue weighted by atomic mass is 10.2. The number of carboxylic acid groups (broad SMARTS) is 1. The Morgan fingerprint density at radius 2 is 2.31 bits per heavy atom. The first-order chi connectivity index (χ1) is 7.65. The van der Waals surface area contributed by atoms with Crippen molar-refractivity contribution in [2.45, 2.75) is 13.3 Å². The normalized spacial score (nSPS) is 9.12. The molecule has 0 radical (unpaired) electrons. The van der Waals surface area contributed by atoms with E-state index in [1.54, 1.807) is 25.1 Å². The van der Waals surface area contributed by atoms with Gasteiger partial charge in [-0.2, -0.15) is 0 Å². The number of hydrogen-bond donors (Lipinski definition) is 2. The Hall–Kier alpha value is -1.47. The van der Waals surface area contributed by atoms with Crippen LogP contribution in [0.15, 0.2) is 22.7 Å². The van der Waals surface area contributed by atoms with E-state index in [2.05, 4.69) is 33.1 Å². The van der Waals surface area contributed by atoms with Crippen LogP contribution in [0.3, 0.4) is 0 Å². The summed E-state index contributed by atoms with van der Waals surface area (Å²) in [6.07, 6.45) is 0.767. The average molecular weight is 282 g/mol. The molecule has 0 saturated heterocycles. The number of benzene rings is 1. The Bertz CT molecular complexity index is 446. The molecule has 84 valence electrons. The molecular weight excluding hydrogens is 270 g/mol. The highest BCUT2D eigenvalue weighted by Crippen LogP contribution is 2.23. The van der Waals surface area contributed by atoms with Crippen LogP contribution in [0.2, 0.25) is 0 Å². The first-order valence-corrected chi connectivity index (χ1v) is 5.60. The maximum atomic E-state index is 10.7. The Labute approximate surface area is 103 Å². The summed E-state index contributed by atoms with van der Waals surface area (Å²) in [5.74, 6) is 4.83.